The highest BCUT2D eigenvalue weighted by atomic mass is 32.2. The Morgan fingerprint density at radius 2 is 2.00 bits per heavy atom. The van der Waals surface area contributed by atoms with Crippen LogP contribution in [0.5, 0.6) is 0 Å². The Kier molecular flexibility index (Phi) is 5.35. The number of nitrogen functional groups attached to an aromatic ring is 1. The average Bonchev–Trinajstić information content (AvgIpc) is 2.41. The van der Waals surface area contributed by atoms with Gasteiger partial charge in [-0.1, -0.05) is 31.0 Å². The first-order valence-corrected chi connectivity index (χ1v) is 9.82. The molecule has 4 nitrogen and oxygen atoms in total. The van der Waals surface area contributed by atoms with Crippen LogP contribution < -0.4 is 10.5 Å². The standard InChI is InChI=1S/C14H22N2O2S2/c1-19-14-9-5-4-8-13(14)16-20(17,18)10-11-6-2-3-7-12(11)15/h2-3,6-7,13-14,16H,4-5,8-10,15H2,1H3. The number of nitrogens with one attached hydrogen (secondary N) is 1. The van der Waals surface area contributed by atoms with E-state index in [9.17, 15) is 8.42 Å². The lowest BCUT2D eigenvalue weighted by atomic mass is 9.96. The number of thioether (sulfide) groups is 1. The number of hydrogen-bond donors (Lipinski definition) is 2. The zero-order chi connectivity index (χ0) is 14.6. The van der Waals surface area contributed by atoms with Crippen molar-refractivity contribution < 1.29 is 8.42 Å². The molecule has 1 saturated carbocycles. The maximum Gasteiger partial charge on any atom is 0.216 e. The third-order valence-corrected chi connectivity index (χ3v) is 6.26. The summed E-state index contributed by atoms with van der Waals surface area (Å²) in [4.78, 5) is 0. The topological polar surface area (TPSA) is 72.2 Å². The fourth-order valence-corrected chi connectivity index (χ4v) is 5.18. The van der Waals surface area contributed by atoms with E-state index in [1.807, 2.05) is 18.4 Å². The Bertz CT molecular complexity index is 546. The summed E-state index contributed by atoms with van der Waals surface area (Å²) in [5, 5.41) is 0.381. The first-order valence-electron chi connectivity index (χ1n) is 6.88. The molecule has 2 rings (SSSR count). The first kappa shape index (κ1) is 15.7. The number of hydrogen-bond acceptors (Lipinski definition) is 4. The zero-order valence-corrected chi connectivity index (χ0v) is 13.3. The molecule has 0 amide bonds. The average molecular weight is 314 g/mol. The van der Waals surface area contributed by atoms with Crippen molar-refractivity contribution in [2.24, 2.45) is 0 Å². The molecule has 6 heteroatoms. The molecule has 112 valence electrons. The van der Waals surface area contributed by atoms with E-state index in [4.69, 9.17) is 5.73 Å². The van der Waals surface area contributed by atoms with Crippen LogP contribution in [-0.4, -0.2) is 26.0 Å². The van der Waals surface area contributed by atoms with Crippen molar-refractivity contribution in [1.82, 2.24) is 4.72 Å². The summed E-state index contributed by atoms with van der Waals surface area (Å²) in [6.45, 7) is 0. The summed E-state index contributed by atoms with van der Waals surface area (Å²) in [6.07, 6.45) is 6.34. The molecule has 1 aromatic rings. The predicted molar refractivity (Wildman–Crippen MR) is 86.2 cm³/mol. The number of nitrogens with two attached hydrogens (primary N) is 1. The number of sulfonamides is 1. The van der Waals surface area contributed by atoms with Crippen LogP contribution >= 0.6 is 11.8 Å². The van der Waals surface area contributed by atoms with Gasteiger partial charge in [0.15, 0.2) is 0 Å². The molecular weight excluding hydrogens is 292 g/mol. The van der Waals surface area contributed by atoms with E-state index in [1.54, 1.807) is 23.9 Å². The van der Waals surface area contributed by atoms with E-state index in [0.717, 1.165) is 19.3 Å². The van der Waals surface area contributed by atoms with E-state index in [1.165, 1.54) is 6.42 Å². The SMILES string of the molecule is CSC1CCCCC1NS(=O)(=O)Cc1ccccc1N. The second-order valence-corrected chi connectivity index (χ2v) is 8.07. The van der Waals surface area contributed by atoms with E-state index in [2.05, 4.69) is 4.72 Å². The highest BCUT2D eigenvalue weighted by Gasteiger charge is 2.28. The van der Waals surface area contributed by atoms with Gasteiger partial charge < -0.3 is 5.73 Å². The molecule has 1 aromatic carbocycles. The molecule has 0 bridgehead atoms. The van der Waals surface area contributed by atoms with Gasteiger partial charge in [-0.2, -0.15) is 11.8 Å². The molecular formula is C14H22N2O2S2. The van der Waals surface area contributed by atoms with E-state index >= 15 is 0 Å². The monoisotopic (exact) mass is 314 g/mol. The summed E-state index contributed by atoms with van der Waals surface area (Å²) in [5.41, 5.74) is 7.01. The Morgan fingerprint density at radius 3 is 2.70 bits per heavy atom. The maximum absolute atomic E-state index is 12.3. The molecule has 2 unspecified atom stereocenters. The van der Waals surface area contributed by atoms with E-state index in [0.29, 0.717) is 16.5 Å². The summed E-state index contributed by atoms with van der Waals surface area (Å²) in [6, 6.07) is 7.17. The minimum Gasteiger partial charge on any atom is -0.398 e. The molecule has 0 aliphatic heterocycles. The largest absolute Gasteiger partial charge is 0.398 e. The van der Waals surface area contributed by atoms with Crippen LogP contribution in [0, 0.1) is 0 Å². The Balaban J connectivity index is 2.05. The van der Waals surface area contributed by atoms with Gasteiger partial charge in [0.25, 0.3) is 0 Å². The van der Waals surface area contributed by atoms with Gasteiger partial charge in [-0.15, -0.1) is 0 Å². The fourth-order valence-electron chi connectivity index (χ4n) is 2.66. The highest BCUT2D eigenvalue weighted by molar-refractivity contribution is 7.99. The zero-order valence-electron chi connectivity index (χ0n) is 11.7. The predicted octanol–water partition coefficient (Wildman–Crippen LogP) is 2.36. The minimum absolute atomic E-state index is 0.0444. The van der Waals surface area contributed by atoms with Crippen molar-refractivity contribution in [2.75, 3.05) is 12.0 Å². The van der Waals surface area contributed by atoms with Crippen molar-refractivity contribution in [3.8, 4) is 0 Å². The highest BCUT2D eigenvalue weighted by Crippen LogP contribution is 2.28. The Morgan fingerprint density at radius 1 is 1.30 bits per heavy atom. The smallest absolute Gasteiger partial charge is 0.216 e. The van der Waals surface area contributed by atoms with Gasteiger partial charge >= 0.3 is 0 Å². The number of benzene rings is 1. The second-order valence-electron chi connectivity index (χ2n) is 5.24. The minimum atomic E-state index is -3.34. The third-order valence-electron chi connectivity index (χ3n) is 3.74. The number of para-hydroxylation sites is 1. The van der Waals surface area contributed by atoms with E-state index < -0.39 is 10.0 Å². The van der Waals surface area contributed by atoms with Crippen molar-refractivity contribution in [3.05, 3.63) is 29.8 Å². The van der Waals surface area contributed by atoms with Gasteiger partial charge in [-0.05, 0) is 30.7 Å². The quantitative estimate of drug-likeness (QED) is 0.818. The van der Waals surface area contributed by atoms with Crippen LogP contribution in [0.3, 0.4) is 0 Å². The van der Waals surface area contributed by atoms with Gasteiger partial charge in [-0.25, -0.2) is 13.1 Å². The van der Waals surface area contributed by atoms with Crippen molar-refractivity contribution in [1.29, 1.82) is 0 Å². The molecule has 0 radical (unpaired) electrons. The van der Waals surface area contributed by atoms with Gasteiger partial charge in [0.05, 0.1) is 5.75 Å². The lowest BCUT2D eigenvalue weighted by molar-refractivity contribution is 0.423. The van der Waals surface area contributed by atoms with Crippen molar-refractivity contribution in [2.45, 2.75) is 42.7 Å². The first-order chi connectivity index (χ1) is 9.52. The lowest BCUT2D eigenvalue weighted by Gasteiger charge is -2.30. The molecule has 0 spiro atoms. The summed E-state index contributed by atoms with van der Waals surface area (Å²) >= 11 is 1.75. The van der Waals surface area contributed by atoms with Crippen LogP contribution in [0.1, 0.15) is 31.2 Å². The number of rotatable bonds is 5. The Labute approximate surface area is 125 Å². The molecule has 0 saturated heterocycles. The lowest BCUT2D eigenvalue weighted by Crippen LogP contribution is -2.44. The molecule has 1 aliphatic rings. The maximum atomic E-state index is 12.3. The molecule has 20 heavy (non-hydrogen) atoms. The van der Waals surface area contributed by atoms with E-state index in [-0.39, 0.29) is 11.8 Å². The summed E-state index contributed by atoms with van der Waals surface area (Å²) < 4.78 is 27.5. The van der Waals surface area contributed by atoms with Gasteiger partial charge in [-0.3, -0.25) is 0 Å². The van der Waals surface area contributed by atoms with Crippen molar-refractivity contribution in [3.63, 3.8) is 0 Å². The van der Waals surface area contributed by atoms with Crippen LogP contribution in [0.2, 0.25) is 0 Å². The Hall–Kier alpha value is -0.720. The molecule has 1 fully saturated rings. The summed E-state index contributed by atoms with van der Waals surface area (Å²) in [7, 11) is -3.34. The number of anilines is 1. The van der Waals surface area contributed by atoms with Crippen molar-refractivity contribution >= 4 is 27.5 Å². The van der Waals surface area contributed by atoms with Gasteiger partial charge in [0.2, 0.25) is 10.0 Å². The fraction of sp³-hybridized carbons (Fsp3) is 0.571. The van der Waals surface area contributed by atoms with Crippen LogP contribution in [0.15, 0.2) is 24.3 Å². The van der Waals surface area contributed by atoms with Crippen LogP contribution in [-0.2, 0) is 15.8 Å². The van der Waals surface area contributed by atoms with Gasteiger partial charge in [0, 0.05) is 17.0 Å². The van der Waals surface area contributed by atoms with Gasteiger partial charge in [0.1, 0.15) is 0 Å². The normalized spacial score (nSPS) is 23.6. The second kappa shape index (κ2) is 6.83. The molecule has 0 heterocycles. The molecule has 0 aromatic heterocycles. The molecule has 3 N–H and O–H groups in total. The summed E-state index contributed by atoms with van der Waals surface area (Å²) in [5.74, 6) is -0.0444. The van der Waals surface area contributed by atoms with Crippen LogP contribution in [0.4, 0.5) is 5.69 Å². The molecule has 2 atom stereocenters. The van der Waals surface area contributed by atoms with Crippen LogP contribution in [0.25, 0.3) is 0 Å². The molecule has 1 aliphatic carbocycles. The third kappa shape index (κ3) is 4.14.